The van der Waals surface area contributed by atoms with Crippen molar-refractivity contribution in [3.63, 3.8) is 0 Å². The van der Waals surface area contributed by atoms with Crippen molar-refractivity contribution >= 4 is 37.5 Å². The quantitative estimate of drug-likeness (QED) is 0.851. The van der Waals surface area contributed by atoms with Crippen LogP contribution < -0.4 is 11.1 Å². The number of nitrogens with zero attached hydrogens (tertiary/aromatic N) is 2. The first-order valence-electron chi connectivity index (χ1n) is 6.14. The fraction of sp³-hybridized carbons (Fsp3) is 0.462. The van der Waals surface area contributed by atoms with E-state index in [4.69, 9.17) is 5.73 Å². The second kappa shape index (κ2) is 5.41. The molecule has 1 unspecified atom stereocenters. The molecule has 1 atom stereocenters. The van der Waals surface area contributed by atoms with Gasteiger partial charge in [-0.15, -0.1) is 0 Å². The monoisotopic (exact) mass is 326 g/mol. The maximum absolute atomic E-state index is 12.0. The van der Waals surface area contributed by atoms with Gasteiger partial charge in [0.1, 0.15) is 0 Å². The normalized spacial score (nSPS) is 14.7. The van der Waals surface area contributed by atoms with Gasteiger partial charge < -0.3 is 0 Å². The number of nitrogens with two attached hydrogens (primary N) is 1. The first kappa shape index (κ1) is 14.2. The number of nitrogens with one attached hydrogen (secondary N) is 1. The van der Waals surface area contributed by atoms with Crippen LogP contribution in [0.25, 0.3) is 0 Å². The van der Waals surface area contributed by atoms with Crippen LogP contribution in [0, 0.1) is 5.41 Å². The number of rotatable bonds is 3. The summed E-state index contributed by atoms with van der Waals surface area (Å²) in [5.74, 6) is -0.0783. The number of anilines is 1. The van der Waals surface area contributed by atoms with E-state index in [1.54, 1.807) is 0 Å². The fourth-order valence-electron chi connectivity index (χ4n) is 1.61. The summed E-state index contributed by atoms with van der Waals surface area (Å²) in [6.45, 7) is 6.09. The summed E-state index contributed by atoms with van der Waals surface area (Å²) in [6, 6.07) is 5.46. The average molecular weight is 325 g/mol. The standard InChI is InChI=1S/C13H18N4OSe/c1-13(2,3)10(14)7-11(18)15-8-5-4-6-9-12(8)17-19-16-9/h4-6,10H,7,14H2,1-3H3,(H,15,18). The molecule has 0 saturated carbocycles. The topological polar surface area (TPSA) is 79.8 Å². The average Bonchev–Trinajstić information content (AvgIpc) is 2.76. The van der Waals surface area contributed by atoms with Gasteiger partial charge in [0.05, 0.1) is 0 Å². The van der Waals surface area contributed by atoms with E-state index in [-0.39, 0.29) is 31.9 Å². The van der Waals surface area contributed by atoms with Gasteiger partial charge >= 0.3 is 118 Å². The van der Waals surface area contributed by atoms with Crippen LogP contribution in [0.15, 0.2) is 26.1 Å². The summed E-state index contributed by atoms with van der Waals surface area (Å²) in [4.78, 5) is 12.0. The van der Waals surface area contributed by atoms with E-state index in [2.05, 4.69) is 13.2 Å². The Morgan fingerprint density at radius 3 is 2.84 bits per heavy atom. The summed E-state index contributed by atoms with van der Waals surface area (Å²) >= 11 is -0.0923. The van der Waals surface area contributed by atoms with Gasteiger partial charge in [0, 0.05) is 0 Å². The predicted octanol–water partition coefficient (Wildman–Crippen LogP) is 2.74. The van der Waals surface area contributed by atoms with Gasteiger partial charge in [-0.2, -0.15) is 0 Å². The summed E-state index contributed by atoms with van der Waals surface area (Å²) in [5.41, 5.74) is 8.31. The summed E-state index contributed by atoms with van der Waals surface area (Å²) in [7, 11) is 0. The van der Waals surface area contributed by atoms with Gasteiger partial charge in [-0.05, 0) is 0 Å². The molecule has 1 amide bonds. The number of fused-ring (bicyclic) bond motifs is 1. The van der Waals surface area contributed by atoms with Gasteiger partial charge in [-0.25, -0.2) is 0 Å². The molecule has 19 heavy (non-hydrogen) atoms. The van der Waals surface area contributed by atoms with Crippen molar-refractivity contribution in [1.29, 1.82) is 0 Å². The van der Waals surface area contributed by atoms with E-state index >= 15 is 0 Å². The van der Waals surface area contributed by atoms with Crippen molar-refractivity contribution in [3.8, 4) is 0 Å². The molecule has 0 saturated heterocycles. The van der Waals surface area contributed by atoms with Crippen molar-refractivity contribution in [2.75, 3.05) is 5.32 Å². The molecule has 0 bridgehead atoms. The Bertz CT molecular complexity index is 570. The van der Waals surface area contributed by atoms with Crippen LogP contribution in [-0.4, -0.2) is 26.5 Å². The van der Waals surface area contributed by atoms with Crippen molar-refractivity contribution in [1.82, 2.24) is 0 Å². The number of hydrogen-bond donors (Lipinski definition) is 2. The molecule has 0 spiro atoms. The summed E-state index contributed by atoms with van der Waals surface area (Å²) < 4.78 is 8.62. The Labute approximate surface area is 118 Å². The van der Waals surface area contributed by atoms with Gasteiger partial charge in [-0.3, -0.25) is 0 Å². The van der Waals surface area contributed by atoms with Gasteiger partial charge in [0.15, 0.2) is 0 Å². The molecule has 2 rings (SSSR count). The molecule has 102 valence electrons. The minimum atomic E-state index is -0.171. The Balaban J connectivity index is 2.05. The third kappa shape index (κ3) is 3.41. The molecule has 6 heteroatoms. The van der Waals surface area contributed by atoms with Gasteiger partial charge in [-0.1, -0.05) is 0 Å². The van der Waals surface area contributed by atoms with Crippen LogP contribution in [0.3, 0.4) is 0 Å². The first-order valence-corrected chi connectivity index (χ1v) is 7.68. The molecule has 1 heterocycles. The molecule has 1 aliphatic rings. The number of hydrogen-bond acceptors (Lipinski definition) is 4. The second-order valence-electron chi connectivity index (χ2n) is 5.66. The van der Waals surface area contributed by atoms with Crippen LogP contribution in [0.2, 0.25) is 0 Å². The Kier molecular flexibility index (Phi) is 4.04. The molecule has 0 fully saturated rings. The second-order valence-corrected chi connectivity index (χ2v) is 6.77. The Morgan fingerprint density at radius 2 is 2.16 bits per heavy atom. The van der Waals surface area contributed by atoms with Crippen molar-refractivity contribution in [3.05, 3.63) is 18.2 Å². The van der Waals surface area contributed by atoms with Crippen molar-refractivity contribution < 1.29 is 4.79 Å². The van der Waals surface area contributed by atoms with Crippen molar-refractivity contribution in [2.45, 2.75) is 33.2 Å². The number of benzene rings is 1. The third-order valence-electron chi connectivity index (χ3n) is 3.08. The molecule has 1 aromatic rings. The van der Waals surface area contributed by atoms with E-state index in [9.17, 15) is 4.79 Å². The van der Waals surface area contributed by atoms with Gasteiger partial charge in [0.2, 0.25) is 0 Å². The predicted molar refractivity (Wildman–Crippen MR) is 77.0 cm³/mol. The zero-order valence-electron chi connectivity index (χ0n) is 11.3. The zero-order valence-corrected chi connectivity index (χ0v) is 13.0. The molecule has 5 nitrogen and oxygen atoms in total. The summed E-state index contributed by atoms with van der Waals surface area (Å²) in [5, 5.41) is 2.88. The van der Waals surface area contributed by atoms with E-state index in [0.717, 1.165) is 17.1 Å². The van der Waals surface area contributed by atoms with Crippen LogP contribution in [0.5, 0.6) is 0 Å². The minimum absolute atomic E-state index is 0.0783. The number of carbonyl (C=O) groups is 1. The molecule has 3 N–H and O–H groups in total. The van der Waals surface area contributed by atoms with Gasteiger partial charge in [0.25, 0.3) is 0 Å². The van der Waals surface area contributed by atoms with Crippen LogP contribution in [-0.2, 0) is 4.79 Å². The molecule has 0 radical (unpaired) electrons. The molecule has 0 aromatic heterocycles. The van der Waals surface area contributed by atoms with E-state index in [0.29, 0.717) is 6.42 Å². The van der Waals surface area contributed by atoms with E-state index < -0.39 is 0 Å². The SMILES string of the molecule is CC(C)(C)C(N)CC(=O)Nc1cccc2c1N=[Se]=N2. The van der Waals surface area contributed by atoms with Crippen LogP contribution in [0.1, 0.15) is 27.2 Å². The van der Waals surface area contributed by atoms with Crippen molar-refractivity contribution in [2.24, 2.45) is 19.1 Å². The number of amides is 1. The molecule has 1 aromatic carbocycles. The molecular weight excluding hydrogens is 307 g/mol. The van der Waals surface area contributed by atoms with Crippen LogP contribution in [0.4, 0.5) is 17.1 Å². The zero-order chi connectivity index (χ0) is 14.0. The first-order chi connectivity index (χ1) is 8.88. The van der Waals surface area contributed by atoms with E-state index in [1.165, 1.54) is 0 Å². The molecule has 1 aliphatic heterocycles. The maximum atomic E-state index is 12.0. The molecular formula is C13H18N4OSe. The Hall–Kier alpha value is -1.23. The molecule has 0 aliphatic carbocycles. The summed E-state index contributed by atoms with van der Waals surface area (Å²) in [6.07, 6.45) is 0.301. The number of carbonyl (C=O) groups excluding carboxylic acids is 1. The third-order valence-corrected chi connectivity index (χ3v) is 4.22. The Morgan fingerprint density at radius 1 is 1.42 bits per heavy atom. The van der Waals surface area contributed by atoms with Crippen LogP contribution >= 0.6 is 0 Å². The fourth-order valence-corrected chi connectivity index (χ4v) is 2.77. The van der Waals surface area contributed by atoms with E-state index in [1.807, 2.05) is 39.0 Å².